The fourth-order valence-electron chi connectivity index (χ4n) is 2.27. The second kappa shape index (κ2) is 6.49. The van der Waals surface area contributed by atoms with Crippen molar-refractivity contribution >= 4 is 21.7 Å². The van der Waals surface area contributed by atoms with Crippen LogP contribution in [0.25, 0.3) is 0 Å². The summed E-state index contributed by atoms with van der Waals surface area (Å²) in [6.45, 7) is 3.53. The van der Waals surface area contributed by atoms with E-state index in [1.807, 2.05) is 6.07 Å². The molecule has 2 aromatic carbocycles. The highest BCUT2D eigenvalue weighted by Gasteiger charge is 2.29. The van der Waals surface area contributed by atoms with Gasteiger partial charge in [0.1, 0.15) is 10.6 Å². The first kappa shape index (κ1) is 18.4. The molecule has 0 unspecified atom stereocenters. The number of sulfonamides is 1. The number of carboxylic acid groups (broad SMARTS) is 1. The number of aromatic carboxylic acids is 1. The van der Waals surface area contributed by atoms with E-state index in [2.05, 4.69) is 0 Å². The van der Waals surface area contributed by atoms with Crippen molar-refractivity contribution < 1.29 is 28.0 Å². The standard InChI is InChI=1S/C15H14N2O7S/c1-8-3-9(2)5-11(4-8)24-14-12(17(20)21)6-10(15(18)19)7-13(14)25(16,22)23/h3-7H,1-2H3,(H,18,19)(H2,16,22,23). The first-order valence-electron chi connectivity index (χ1n) is 6.83. The summed E-state index contributed by atoms with van der Waals surface area (Å²) in [5, 5.41) is 25.4. The molecular formula is C15H14N2O7S. The van der Waals surface area contributed by atoms with E-state index >= 15 is 0 Å². The van der Waals surface area contributed by atoms with E-state index < -0.39 is 42.8 Å². The number of nitrogens with zero attached hydrogens (tertiary/aromatic N) is 1. The SMILES string of the molecule is Cc1cc(C)cc(Oc2c([N+](=O)[O-])cc(C(=O)O)cc2S(N)(=O)=O)c1. The van der Waals surface area contributed by atoms with Crippen LogP contribution in [-0.4, -0.2) is 24.4 Å². The van der Waals surface area contributed by atoms with Crippen molar-refractivity contribution in [2.45, 2.75) is 18.7 Å². The van der Waals surface area contributed by atoms with Gasteiger partial charge >= 0.3 is 11.7 Å². The predicted molar refractivity (Wildman–Crippen MR) is 87.4 cm³/mol. The Kier molecular flexibility index (Phi) is 4.77. The van der Waals surface area contributed by atoms with Gasteiger partial charge in [0.2, 0.25) is 15.8 Å². The highest BCUT2D eigenvalue weighted by Crippen LogP contribution is 2.38. The van der Waals surface area contributed by atoms with Crippen LogP contribution in [0, 0.1) is 24.0 Å². The van der Waals surface area contributed by atoms with Crippen LogP contribution in [0.4, 0.5) is 5.69 Å². The molecule has 0 aliphatic heterocycles. The van der Waals surface area contributed by atoms with Gasteiger partial charge in [-0.1, -0.05) is 6.07 Å². The zero-order valence-electron chi connectivity index (χ0n) is 13.2. The second-order valence-electron chi connectivity index (χ2n) is 5.36. The average molecular weight is 366 g/mol. The number of aryl methyl sites for hydroxylation is 2. The maximum atomic E-state index is 11.8. The molecule has 0 fully saturated rings. The van der Waals surface area contributed by atoms with Gasteiger partial charge in [-0.3, -0.25) is 10.1 Å². The predicted octanol–water partition coefficient (Wildman–Crippen LogP) is 2.35. The summed E-state index contributed by atoms with van der Waals surface area (Å²) in [4.78, 5) is 20.7. The van der Waals surface area contributed by atoms with Gasteiger partial charge in [0.15, 0.2) is 0 Å². The molecular weight excluding hydrogens is 352 g/mol. The Morgan fingerprint density at radius 1 is 1.16 bits per heavy atom. The normalized spacial score (nSPS) is 11.2. The topological polar surface area (TPSA) is 150 Å². The lowest BCUT2D eigenvalue weighted by Crippen LogP contribution is -2.15. The number of benzene rings is 2. The Labute approximate surface area is 142 Å². The highest BCUT2D eigenvalue weighted by molar-refractivity contribution is 7.89. The van der Waals surface area contributed by atoms with E-state index in [9.17, 15) is 23.3 Å². The van der Waals surface area contributed by atoms with E-state index in [4.69, 9.17) is 15.0 Å². The average Bonchev–Trinajstić information content (AvgIpc) is 2.44. The first-order valence-corrected chi connectivity index (χ1v) is 8.38. The maximum Gasteiger partial charge on any atom is 0.335 e. The quantitative estimate of drug-likeness (QED) is 0.609. The van der Waals surface area contributed by atoms with Gasteiger partial charge in [0, 0.05) is 6.07 Å². The number of hydrogen-bond donors (Lipinski definition) is 2. The Morgan fingerprint density at radius 2 is 1.72 bits per heavy atom. The summed E-state index contributed by atoms with van der Waals surface area (Å²) in [6.07, 6.45) is 0. The number of primary sulfonamides is 1. The summed E-state index contributed by atoms with van der Waals surface area (Å²) in [7, 11) is -4.48. The molecule has 10 heteroatoms. The molecule has 0 heterocycles. The van der Waals surface area contributed by atoms with E-state index in [1.54, 1.807) is 26.0 Å². The molecule has 0 aromatic heterocycles. The molecule has 2 aromatic rings. The lowest BCUT2D eigenvalue weighted by molar-refractivity contribution is -0.385. The second-order valence-corrected chi connectivity index (χ2v) is 6.89. The van der Waals surface area contributed by atoms with E-state index in [0.717, 1.165) is 23.3 Å². The van der Waals surface area contributed by atoms with Gasteiger partial charge in [-0.05, 0) is 43.2 Å². The summed E-state index contributed by atoms with van der Waals surface area (Å²) in [5.41, 5.74) is 0.167. The molecule has 0 aliphatic carbocycles. The van der Waals surface area contributed by atoms with Gasteiger partial charge in [0.05, 0.1) is 10.5 Å². The number of hydrogen-bond acceptors (Lipinski definition) is 6. The highest BCUT2D eigenvalue weighted by atomic mass is 32.2. The third-order valence-corrected chi connectivity index (χ3v) is 4.12. The van der Waals surface area contributed by atoms with Crippen LogP contribution in [0.1, 0.15) is 21.5 Å². The fraction of sp³-hybridized carbons (Fsp3) is 0.133. The third kappa shape index (κ3) is 4.11. The molecule has 2 rings (SSSR count). The Balaban J connectivity index is 2.77. The number of ether oxygens (including phenoxy) is 1. The van der Waals surface area contributed by atoms with Crippen molar-refractivity contribution in [1.29, 1.82) is 0 Å². The zero-order chi connectivity index (χ0) is 18.9. The number of carboxylic acids is 1. The van der Waals surface area contributed by atoms with Gasteiger partial charge in [-0.25, -0.2) is 18.4 Å². The van der Waals surface area contributed by atoms with Crippen LogP contribution in [0.5, 0.6) is 11.5 Å². The van der Waals surface area contributed by atoms with Gasteiger partial charge in [-0.15, -0.1) is 0 Å². The van der Waals surface area contributed by atoms with Crippen LogP contribution in [0.2, 0.25) is 0 Å². The minimum Gasteiger partial charge on any atom is -0.478 e. The van der Waals surface area contributed by atoms with E-state index in [0.29, 0.717) is 0 Å². The number of carbonyl (C=O) groups is 1. The Hall–Kier alpha value is -2.98. The summed E-state index contributed by atoms with van der Waals surface area (Å²) < 4.78 is 29.1. The first-order chi connectivity index (χ1) is 11.5. The lowest BCUT2D eigenvalue weighted by atomic mass is 10.1. The van der Waals surface area contributed by atoms with Crippen molar-refractivity contribution in [1.82, 2.24) is 0 Å². The van der Waals surface area contributed by atoms with Crippen LogP contribution < -0.4 is 9.88 Å². The van der Waals surface area contributed by atoms with Gasteiger partial charge in [0.25, 0.3) is 0 Å². The molecule has 0 aliphatic rings. The minimum absolute atomic E-state index is 0.161. The number of nitrogens with two attached hydrogens (primary N) is 1. The molecule has 0 atom stereocenters. The number of nitro groups is 1. The molecule has 9 nitrogen and oxygen atoms in total. The van der Waals surface area contributed by atoms with Gasteiger partial charge in [-0.2, -0.15) is 0 Å². The molecule has 3 N–H and O–H groups in total. The smallest absolute Gasteiger partial charge is 0.335 e. The van der Waals surface area contributed by atoms with Crippen molar-refractivity contribution in [3.8, 4) is 11.5 Å². The number of rotatable bonds is 5. The maximum absolute atomic E-state index is 11.8. The minimum atomic E-state index is -4.48. The molecule has 132 valence electrons. The Morgan fingerprint density at radius 3 is 2.16 bits per heavy atom. The molecule has 0 saturated heterocycles. The summed E-state index contributed by atoms with van der Waals surface area (Å²) >= 11 is 0. The monoisotopic (exact) mass is 366 g/mol. The molecule has 0 bridgehead atoms. The van der Waals surface area contributed by atoms with Gasteiger partial charge < -0.3 is 9.84 Å². The van der Waals surface area contributed by atoms with Crippen LogP contribution in [0.15, 0.2) is 35.2 Å². The summed E-state index contributed by atoms with van der Waals surface area (Å²) in [6, 6.07) is 6.37. The van der Waals surface area contributed by atoms with Crippen molar-refractivity contribution in [3.05, 3.63) is 57.1 Å². The van der Waals surface area contributed by atoms with Crippen molar-refractivity contribution in [3.63, 3.8) is 0 Å². The van der Waals surface area contributed by atoms with Crippen LogP contribution in [-0.2, 0) is 10.0 Å². The van der Waals surface area contributed by atoms with Crippen LogP contribution in [0.3, 0.4) is 0 Å². The summed E-state index contributed by atoms with van der Waals surface area (Å²) in [5.74, 6) is -2.01. The van der Waals surface area contributed by atoms with Crippen LogP contribution >= 0.6 is 0 Å². The Bertz CT molecular complexity index is 963. The zero-order valence-corrected chi connectivity index (χ0v) is 14.0. The largest absolute Gasteiger partial charge is 0.478 e. The van der Waals surface area contributed by atoms with E-state index in [1.165, 1.54) is 0 Å². The molecule has 25 heavy (non-hydrogen) atoms. The van der Waals surface area contributed by atoms with E-state index in [-0.39, 0.29) is 5.75 Å². The van der Waals surface area contributed by atoms with Crippen molar-refractivity contribution in [2.24, 2.45) is 5.14 Å². The lowest BCUT2D eigenvalue weighted by Gasteiger charge is -2.12. The fourth-order valence-corrected chi connectivity index (χ4v) is 2.97. The molecule has 0 spiro atoms. The number of nitro benzene ring substituents is 1. The third-order valence-electron chi connectivity index (χ3n) is 3.20. The van der Waals surface area contributed by atoms with Crippen molar-refractivity contribution in [2.75, 3.05) is 0 Å². The molecule has 0 radical (unpaired) electrons. The molecule has 0 amide bonds. The molecule has 0 saturated carbocycles.